The highest BCUT2D eigenvalue weighted by Gasteiger charge is 2.28. The molecule has 1 aliphatic rings. The van der Waals surface area contributed by atoms with Crippen LogP contribution in [0.4, 0.5) is 0 Å². The van der Waals surface area contributed by atoms with Crippen LogP contribution in [0.5, 0.6) is 5.75 Å². The van der Waals surface area contributed by atoms with Crippen molar-refractivity contribution in [1.82, 2.24) is 15.2 Å². The molecule has 3 aromatic rings. The molecular weight excluding hydrogens is 326 g/mol. The highest BCUT2D eigenvalue weighted by Crippen LogP contribution is 2.26. The standard InChI is InChI=1S/C21H23N3O2/c1-26-17-8-6-15(7-9-17)20-14-22-10-11-24(20)21(25)12-16-13-23-19-5-3-2-4-18(16)19/h2-9,13,20,22-23H,10-12,14H2,1H3/t20-/m1/s1. The van der Waals surface area contributed by atoms with Crippen LogP contribution in [0.15, 0.2) is 54.7 Å². The van der Waals surface area contributed by atoms with Crippen molar-refractivity contribution in [3.8, 4) is 5.75 Å². The number of hydrogen-bond donors (Lipinski definition) is 2. The Kier molecular flexibility index (Phi) is 4.63. The molecule has 134 valence electrons. The molecule has 2 aromatic carbocycles. The van der Waals surface area contributed by atoms with Gasteiger partial charge < -0.3 is 19.9 Å². The lowest BCUT2D eigenvalue weighted by atomic mass is 10.0. The van der Waals surface area contributed by atoms with E-state index in [0.717, 1.165) is 47.4 Å². The highest BCUT2D eigenvalue weighted by molar-refractivity contribution is 5.89. The Morgan fingerprint density at radius 1 is 1.19 bits per heavy atom. The Hall–Kier alpha value is -2.79. The van der Waals surface area contributed by atoms with E-state index in [1.54, 1.807) is 7.11 Å². The molecule has 2 heterocycles. The number of aromatic amines is 1. The first-order chi connectivity index (χ1) is 12.8. The van der Waals surface area contributed by atoms with Crippen LogP contribution in [0.3, 0.4) is 0 Å². The van der Waals surface area contributed by atoms with Gasteiger partial charge in [0.1, 0.15) is 5.75 Å². The van der Waals surface area contributed by atoms with Crippen LogP contribution in [-0.2, 0) is 11.2 Å². The molecule has 5 heteroatoms. The average Bonchev–Trinajstić information content (AvgIpc) is 3.11. The summed E-state index contributed by atoms with van der Waals surface area (Å²) in [5.74, 6) is 0.992. The number of amides is 1. The second kappa shape index (κ2) is 7.22. The molecule has 2 N–H and O–H groups in total. The van der Waals surface area contributed by atoms with E-state index in [1.165, 1.54) is 0 Å². The molecule has 0 radical (unpaired) electrons. The van der Waals surface area contributed by atoms with Gasteiger partial charge in [-0.25, -0.2) is 0 Å². The maximum absolute atomic E-state index is 13.1. The van der Waals surface area contributed by atoms with Gasteiger partial charge in [0, 0.05) is 36.7 Å². The van der Waals surface area contributed by atoms with E-state index < -0.39 is 0 Å². The second-order valence-corrected chi connectivity index (χ2v) is 6.62. The van der Waals surface area contributed by atoms with Gasteiger partial charge in [-0.2, -0.15) is 0 Å². The second-order valence-electron chi connectivity index (χ2n) is 6.62. The Balaban J connectivity index is 1.56. The molecule has 26 heavy (non-hydrogen) atoms. The van der Waals surface area contributed by atoms with Crippen molar-refractivity contribution < 1.29 is 9.53 Å². The number of hydrogen-bond acceptors (Lipinski definition) is 3. The van der Waals surface area contributed by atoms with Crippen molar-refractivity contribution in [2.75, 3.05) is 26.7 Å². The third-order valence-corrected chi connectivity index (χ3v) is 5.08. The average molecular weight is 349 g/mol. The fraction of sp³-hybridized carbons (Fsp3) is 0.286. The summed E-state index contributed by atoms with van der Waals surface area (Å²) in [5, 5.41) is 4.53. The minimum atomic E-state index is 0.0485. The number of piperazine rings is 1. The summed E-state index contributed by atoms with van der Waals surface area (Å²) in [6, 6.07) is 16.1. The number of benzene rings is 2. The zero-order valence-corrected chi connectivity index (χ0v) is 14.9. The molecule has 0 unspecified atom stereocenters. The molecule has 1 aromatic heterocycles. The Bertz CT molecular complexity index is 901. The molecule has 4 rings (SSSR count). The number of rotatable bonds is 4. The van der Waals surface area contributed by atoms with Crippen molar-refractivity contribution in [2.45, 2.75) is 12.5 Å². The summed E-state index contributed by atoms with van der Waals surface area (Å²) in [6.45, 7) is 2.32. The zero-order chi connectivity index (χ0) is 17.9. The lowest BCUT2D eigenvalue weighted by Gasteiger charge is -2.36. The molecule has 1 aliphatic heterocycles. The smallest absolute Gasteiger partial charge is 0.227 e. The lowest BCUT2D eigenvalue weighted by molar-refractivity contribution is -0.133. The van der Waals surface area contributed by atoms with Gasteiger partial charge in [-0.05, 0) is 29.3 Å². The van der Waals surface area contributed by atoms with Gasteiger partial charge in [-0.15, -0.1) is 0 Å². The number of nitrogens with one attached hydrogen (secondary N) is 2. The third kappa shape index (κ3) is 3.18. The molecule has 1 atom stereocenters. The molecule has 0 spiro atoms. The molecule has 0 saturated carbocycles. The van der Waals surface area contributed by atoms with Crippen LogP contribution in [0.1, 0.15) is 17.2 Å². The summed E-state index contributed by atoms with van der Waals surface area (Å²) in [5.41, 5.74) is 3.25. The zero-order valence-electron chi connectivity index (χ0n) is 14.9. The quantitative estimate of drug-likeness (QED) is 0.761. The van der Waals surface area contributed by atoms with Crippen LogP contribution in [0, 0.1) is 0 Å². The first-order valence-corrected chi connectivity index (χ1v) is 8.95. The molecule has 0 aliphatic carbocycles. The van der Waals surface area contributed by atoms with Crippen molar-refractivity contribution in [1.29, 1.82) is 0 Å². The number of aromatic nitrogens is 1. The summed E-state index contributed by atoms with van der Waals surface area (Å²) >= 11 is 0. The van der Waals surface area contributed by atoms with E-state index in [0.29, 0.717) is 6.42 Å². The van der Waals surface area contributed by atoms with Gasteiger partial charge in [0.25, 0.3) is 0 Å². The molecule has 0 bridgehead atoms. The maximum Gasteiger partial charge on any atom is 0.227 e. The predicted octanol–water partition coefficient (Wildman–Crippen LogP) is 2.89. The summed E-state index contributed by atoms with van der Waals surface area (Å²) in [7, 11) is 1.66. The van der Waals surface area contributed by atoms with E-state index in [1.807, 2.05) is 53.6 Å². The van der Waals surface area contributed by atoms with Gasteiger partial charge in [-0.1, -0.05) is 30.3 Å². The van der Waals surface area contributed by atoms with E-state index in [2.05, 4.69) is 16.4 Å². The fourth-order valence-electron chi connectivity index (χ4n) is 3.67. The molecule has 1 amide bonds. The first kappa shape index (κ1) is 16.7. The van der Waals surface area contributed by atoms with Crippen molar-refractivity contribution in [3.63, 3.8) is 0 Å². The number of nitrogens with zero attached hydrogens (tertiary/aromatic N) is 1. The Morgan fingerprint density at radius 3 is 2.81 bits per heavy atom. The largest absolute Gasteiger partial charge is 0.497 e. The van der Waals surface area contributed by atoms with Crippen molar-refractivity contribution in [3.05, 3.63) is 65.9 Å². The predicted molar refractivity (Wildman–Crippen MR) is 102 cm³/mol. The molecule has 5 nitrogen and oxygen atoms in total. The van der Waals surface area contributed by atoms with Gasteiger partial charge in [0.2, 0.25) is 5.91 Å². The van der Waals surface area contributed by atoms with Crippen LogP contribution in [0.25, 0.3) is 10.9 Å². The number of carbonyl (C=O) groups is 1. The van der Waals surface area contributed by atoms with Gasteiger partial charge in [0.05, 0.1) is 19.6 Å². The van der Waals surface area contributed by atoms with E-state index in [9.17, 15) is 4.79 Å². The Morgan fingerprint density at radius 2 is 2.00 bits per heavy atom. The SMILES string of the molecule is COc1ccc([C@H]2CNCCN2C(=O)Cc2c[nH]c3ccccc23)cc1. The van der Waals surface area contributed by atoms with E-state index in [4.69, 9.17) is 4.74 Å². The van der Waals surface area contributed by atoms with Gasteiger partial charge >= 0.3 is 0 Å². The van der Waals surface area contributed by atoms with E-state index >= 15 is 0 Å². The minimum Gasteiger partial charge on any atom is -0.497 e. The van der Waals surface area contributed by atoms with Crippen LogP contribution < -0.4 is 10.1 Å². The number of fused-ring (bicyclic) bond motifs is 1. The summed E-state index contributed by atoms with van der Waals surface area (Å²) in [4.78, 5) is 18.3. The summed E-state index contributed by atoms with van der Waals surface area (Å²) in [6.07, 6.45) is 2.36. The van der Waals surface area contributed by atoms with Crippen LogP contribution in [0.2, 0.25) is 0 Å². The van der Waals surface area contributed by atoms with Crippen LogP contribution in [-0.4, -0.2) is 42.5 Å². The number of methoxy groups -OCH3 is 1. The normalized spacial score (nSPS) is 17.4. The van der Waals surface area contributed by atoms with Gasteiger partial charge in [0.15, 0.2) is 0 Å². The Labute approximate surface area is 153 Å². The highest BCUT2D eigenvalue weighted by atomic mass is 16.5. The van der Waals surface area contributed by atoms with Crippen molar-refractivity contribution >= 4 is 16.8 Å². The fourth-order valence-corrected chi connectivity index (χ4v) is 3.67. The van der Waals surface area contributed by atoms with E-state index in [-0.39, 0.29) is 11.9 Å². The lowest BCUT2D eigenvalue weighted by Crippen LogP contribution is -2.49. The van der Waals surface area contributed by atoms with Crippen LogP contribution >= 0.6 is 0 Å². The monoisotopic (exact) mass is 349 g/mol. The summed E-state index contributed by atoms with van der Waals surface area (Å²) < 4.78 is 5.24. The minimum absolute atomic E-state index is 0.0485. The van der Waals surface area contributed by atoms with Crippen molar-refractivity contribution in [2.24, 2.45) is 0 Å². The van der Waals surface area contributed by atoms with Gasteiger partial charge in [-0.3, -0.25) is 4.79 Å². The number of carbonyl (C=O) groups excluding carboxylic acids is 1. The molecular formula is C21H23N3O2. The maximum atomic E-state index is 13.1. The number of para-hydroxylation sites is 1. The first-order valence-electron chi connectivity index (χ1n) is 8.95. The number of ether oxygens (including phenoxy) is 1. The number of H-pyrrole nitrogens is 1. The topological polar surface area (TPSA) is 57.4 Å². The molecule has 1 saturated heterocycles. The third-order valence-electron chi connectivity index (χ3n) is 5.08. The molecule has 1 fully saturated rings.